The number of nitro groups is 1. The number of hydrogen-bond acceptors (Lipinski definition) is 2. The predicted octanol–water partition coefficient (Wildman–Crippen LogP) is 3.48. The first-order valence-corrected chi connectivity index (χ1v) is 8.64. The molecule has 0 saturated carbocycles. The molecule has 0 aliphatic heterocycles. The van der Waals surface area contributed by atoms with E-state index in [9.17, 15) is 10.1 Å². The van der Waals surface area contributed by atoms with Crippen LogP contribution in [0.4, 0.5) is 5.69 Å². The van der Waals surface area contributed by atoms with Gasteiger partial charge >= 0.3 is 0 Å². The van der Waals surface area contributed by atoms with Gasteiger partial charge in [0.05, 0.1) is 4.92 Å². The molecule has 0 unspecified atom stereocenters. The van der Waals surface area contributed by atoms with Crippen molar-refractivity contribution < 1.29 is 4.92 Å². The van der Waals surface area contributed by atoms with Crippen LogP contribution in [-0.4, -0.2) is 13.0 Å². The van der Waals surface area contributed by atoms with Crippen LogP contribution in [0.2, 0.25) is 24.7 Å². The maximum absolute atomic E-state index is 10.7. The summed E-state index contributed by atoms with van der Waals surface area (Å²) in [6.45, 7) is 6.35. The average Bonchev–Trinajstić information content (AvgIpc) is 2.14. The minimum atomic E-state index is -1.46. The van der Waals surface area contributed by atoms with E-state index in [1.165, 1.54) is 12.1 Å². The molecular formula is C11H12ClNO2Si. The average molecular weight is 254 g/mol. The summed E-state index contributed by atoms with van der Waals surface area (Å²) in [7, 11) is -1.46. The zero-order valence-corrected chi connectivity index (χ0v) is 11.1. The minimum Gasteiger partial charge on any atom is -0.258 e. The van der Waals surface area contributed by atoms with Crippen LogP contribution in [0.15, 0.2) is 18.2 Å². The van der Waals surface area contributed by atoms with E-state index in [0.29, 0.717) is 5.56 Å². The highest BCUT2D eigenvalue weighted by Crippen LogP contribution is 2.24. The van der Waals surface area contributed by atoms with Gasteiger partial charge in [-0.15, -0.1) is 5.54 Å². The van der Waals surface area contributed by atoms with Gasteiger partial charge in [0, 0.05) is 11.6 Å². The molecule has 1 aromatic carbocycles. The summed E-state index contributed by atoms with van der Waals surface area (Å²) in [5.41, 5.74) is 3.69. The Hall–Kier alpha value is -1.31. The molecule has 0 aliphatic rings. The topological polar surface area (TPSA) is 43.1 Å². The van der Waals surface area contributed by atoms with Crippen molar-refractivity contribution in [2.75, 3.05) is 0 Å². The van der Waals surface area contributed by atoms with E-state index in [0.717, 1.165) is 0 Å². The van der Waals surface area contributed by atoms with Gasteiger partial charge in [-0.3, -0.25) is 10.1 Å². The van der Waals surface area contributed by atoms with E-state index >= 15 is 0 Å². The van der Waals surface area contributed by atoms with E-state index in [1.54, 1.807) is 6.07 Å². The second kappa shape index (κ2) is 4.68. The molecule has 0 atom stereocenters. The molecule has 5 heteroatoms. The Morgan fingerprint density at radius 1 is 1.38 bits per heavy atom. The maximum Gasteiger partial charge on any atom is 0.289 e. The van der Waals surface area contributed by atoms with E-state index in [4.69, 9.17) is 11.6 Å². The first kappa shape index (κ1) is 12.8. The molecule has 0 heterocycles. The second-order valence-corrected chi connectivity index (χ2v) is 9.58. The molecule has 0 amide bonds. The summed E-state index contributed by atoms with van der Waals surface area (Å²) in [5.74, 6) is 2.96. The van der Waals surface area contributed by atoms with Crippen molar-refractivity contribution in [3.63, 3.8) is 0 Å². The smallest absolute Gasteiger partial charge is 0.258 e. The third-order valence-electron chi connectivity index (χ3n) is 1.72. The van der Waals surface area contributed by atoms with Crippen LogP contribution >= 0.6 is 11.6 Å². The van der Waals surface area contributed by atoms with Crippen LogP contribution in [0.5, 0.6) is 0 Å². The molecule has 3 nitrogen and oxygen atoms in total. The highest BCUT2D eigenvalue weighted by molar-refractivity contribution is 6.83. The Balaban J connectivity index is 3.13. The number of halogens is 1. The lowest BCUT2D eigenvalue weighted by atomic mass is 10.2. The van der Waals surface area contributed by atoms with Crippen molar-refractivity contribution in [2.45, 2.75) is 19.6 Å². The van der Waals surface area contributed by atoms with Gasteiger partial charge in [0.2, 0.25) is 0 Å². The summed E-state index contributed by atoms with van der Waals surface area (Å²) >= 11 is 5.70. The number of nitro benzene ring substituents is 1. The molecule has 84 valence electrons. The highest BCUT2D eigenvalue weighted by atomic mass is 35.5. The lowest BCUT2D eigenvalue weighted by Gasteiger charge is -2.03. The lowest BCUT2D eigenvalue weighted by Crippen LogP contribution is -2.16. The summed E-state index contributed by atoms with van der Waals surface area (Å²) in [6, 6.07) is 4.62. The van der Waals surface area contributed by atoms with Crippen LogP contribution in [0, 0.1) is 21.6 Å². The van der Waals surface area contributed by atoms with Crippen molar-refractivity contribution in [2.24, 2.45) is 0 Å². The Morgan fingerprint density at radius 3 is 2.50 bits per heavy atom. The van der Waals surface area contributed by atoms with Gasteiger partial charge in [-0.05, 0) is 12.1 Å². The van der Waals surface area contributed by atoms with Gasteiger partial charge in [-0.1, -0.05) is 37.2 Å². The molecule has 0 aliphatic carbocycles. The fourth-order valence-corrected chi connectivity index (χ4v) is 1.70. The lowest BCUT2D eigenvalue weighted by molar-refractivity contribution is -0.384. The summed E-state index contributed by atoms with van der Waals surface area (Å²) < 4.78 is 0. The summed E-state index contributed by atoms with van der Waals surface area (Å²) in [5, 5.41) is 10.8. The third kappa shape index (κ3) is 3.68. The molecule has 16 heavy (non-hydrogen) atoms. The Kier molecular flexibility index (Phi) is 3.73. The number of nitrogens with zero attached hydrogens (tertiary/aromatic N) is 1. The normalized spacial score (nSPS) is 10.5. The fourth-order valence-electron chi connectivity index (χ4n) is 0.990. The Morgan fingerprint density at radius 2 is 2.00 bits per heavy atom. The molecular weight excluding hydrogens is 242 g/mol. The van der Waals surface area contributed by atoms with Crippen LogP contribution in [-0.2, 0) is 0 Å². The summed E-state index contributed by atoms with van der Waals surface area (Å²) in [6.07, 6.45) is 0. The van der Waals surface area contributed by atoms with E-state index in [1.807, 2.05) is 0 Å². The van der Waals surface area contributed by atoms with Crippen molar-refractivity contribution in [3.8, 4) is 11.5 Å². The number of benzene rings is 1. The molecule has 1 aromatic rings. The van der Waals surface area contributed by atoms with E-state index < -0.39 is 13.0 Å². The first-order chi connectivity index (χ1) is 7.29. The standard InChI is InChI=1S/C11H12ClNO2Si/c1-16(2,3)7-6-9-4-5-10(12)11(8-9)13(14)15/h4-5,8H,1-3H3. The predicted molar refractivity (Wildman–Crippen MR) is 68.3 cm³/mol. The van der Waals surface area contributed by atoms with E-state index in [2.05, 4.69) is 31.1 Å². The van der Waals surface area contributed by atoms with Gasteiger partial charge in [0.15, 0.2) is 0 Å². The zero-order valence-electron chi connectivity index (χ0n) is 9.37. The third-order valence-corrected chi connectivity index (χ3v) is 2.92. The van der Waals surface area contributed by atoms with Gasteiger partial charge in [0.1, 0.15) is 13.1 Å². The zero-order chi connectivity index (χ0) is 12.3. The fraction of sp³-hybridized carbons (Fsp3) is 0.273. The first-order valence-electron chi connectivity index (χ1n) is 4.77. The number of hydrogen-bond donors (Lipinski definition) is 0. The van der Waals surface area contributed by atoms with Crippen molar-refractivity contribution in [3.05, 3.63) is 38.9 Å². The van der Waals surface area contributed by atoms with Crippen LogP contribution in [0.25, 0.3) is 0 Å². The maximum atomic E-state index is 10.7. The second-order valence-electron chi connectivity index (χ2n) is 4.42. The Bertz CT molecular complexity index is 483. The van der Waals surface area contributed by atoms with Gasteiger partial charge < -0.3 is 0 Å². The van der Waals surface area contributed by atoms with Crippen LogP contribution in [0.3, 0.4) is 0 Å². The van der Waals surface area contributed by atoms with Crippen molar-refractivity contribution in [1.82, 2.24) is 0 Å². The SMILES string of the molecule is C[Si](C)(C)C#Cc1ccc(Cl)c([N+](=O)[O-])c1. The van der Waals surface area contributed by atoms with Crippen molar-refractivity contribution >= 4 is 25.4 Å². The summed E-state index contributed by atoms with van der Waals surface area (Å²) in [4.78, 5) is 10.2. The molecule has 0 spiro atoms. The minimum absolute atomic E-state index is 0.0935. The van der Waals surface area contributed by atoms with E-state index in [-0.39, 0.29) is 10.7 Å². The highest BCUT2D eigenvalue weighted by Gasteiger charge is 2.12. The number of rotatable bonds is 1. The van der Waals surface area contributed by atoms with Gasteiger partial charge in [-0.2, -0.15) is 0 Å². The molecule has 0 radical (unpaired) electrons. The molecule has 0 N–H and O–H groups in total. The molecule has 0 aromatic heterocycles. The Labute approximate surface area is 101 Å². The molecule has 0 bridgehead atoms. The van der Waals surface area contributed by atoms with Gasteiger partial charge in [-0.25, -0.2) is 0 Å². The molecule has 1 rings (SSSR count). The largest absolute Gasteiger partial charge is 0.289 e. The van der Waals surface area contributed by atoms with Crippen molar-refractivity contribution in [1.29, 1.82) is 0 Å². The molecule has 0 saturated heterocycles. The van der Waals surface area contributed by atoms with Crippen LogP contribution < -0.4 is 0 Å². The molecule has 0 fully saturated rings. The van der Waals surface area contributed by atoms with Gasteiger partial charge in [0.25, 0.3) is 5.69 Å². The quantitative estimate of drug-likeness (QED) is 0.333. The monoisotopic (exact) mass is 253 g/mol. The van der Waals surface area contributed by atoms with Crippen LogP contribution in [0.1, 0.15) is 5.56 Å².